The van der Waals surface area contributed by atoms with Crippen LogP contribution in [0.25, 0.3) is 0 Å². The molecule has 3 N–H and O–H groups in total. The number of aliphatic hydroxyl groups is 2. The van der Waals surface area contributed by atoms with Gasteiger partial charge in [0, 0.05) is 19.2 Å². The highest BCUT2D eigenvalue weighted by Crippen LogP contribution is 2.28. The third kappa shape index (κ3) is 3.94. The molecular weight excluding hydrogens is 226 g/mol. The van der Waals surface area contributed by atoms with Gasteiger partial charge in [-0.05, 0) is 31.6 Å². The van der Waals surface area contributed by atoms with Crippen LogP contribution in [0.15, 0.2) is 0 Å². The van der Waals surface area contributed by atoms with Crippen LogP contribution in [-0.2, 0) is 0 Å². The second kappa shape index (κ2) is 6.88. The summed E-state index contributed by atoms with van der Waals surface area (Å²) in [6.07, 6.45) is 11.5. The van der Waals surface area contributed by atoms with Gasteiger partial charge in [-0.2, -0.15) is 0 Å². The Bertz CT molecular complexity index is 237. The van der Waals surface area contributed by atoms with E-state index in [0.717, 1.165) is 38.5 Å². The Hall–Kier alpha value is -0.120. The Labute approximate surface area is 111 Å². The molecule has 3 nitrogen and oxygen atoms in total. The minimum absolute atomic E-state index is 0.288. The summed E-state index contributed by atoms with van der Waals surface area (Å²) in [6.45, 7) is 1.00. The smallest absolute Gasteiger partial charge is 0.0771 e. The number of hydrogen-bond acceptors (Lipinski definition) is 3. The summed E-state index contributed by atoms with van der Waals surface area (Å²) >= 11 is 0. The summed E-state index contributed by atoms with van der Waals surface area (Å²) in [5.41, 5.74) is -0.492. The van der Waals surface area contributed by atoms with Crippen molar-refractivity contribution in [2.75, 3.05) is 13.2 Å². The molecule has 0 spiro atoms. The molecule has 2 atom stereocenters. The maximum Gasteiger partial charge on any atom is 0.0771 e. The molecule has 2 unspecified atom stereocenters. The average molecular weight is 255 g/mol. The summed E-state index contributed by atoms with van der Waals surface area (Å²) in [7, 11) is 0. The van der Waals surface area contributed by atoms with Crippen LogP contribution in [0, 0.1) is 5.92 Å². The molecule has 0 aromatic carbocycles. The molecule has 3 heteroatoms. The molecule has 2 saturated carbocycles. The van der Waals surface area contributed by atoms with Crippen LogP contribution in [-0.4, -0.2) is 35.0 Å². The molecule has 0 saturated heterocycles. The van der Waals surface area contributed by atoms with E-state index in [4.69, 9.17) is 0 Å². The van der Waals surface area contributed by atoms with Gasteiger partial charge < -0.3 is 15.5 Å². The van der Waals surface area contributed by atoms with Gasteiger partial charge in [-0.1, -0.05) is 38.5 Å². The third-order valence-corrected chi connectivity index (χ3v) is 4.87. The highest BCUT2D eigenvalue weighted by molar-refractivity contribution is 4.87. The lowest BCUT2D eigenvalue weighted by Crippen LogP contribution is -2.48. The van der Waals surface area contributed by atoms with Gasteiger partial charge >= 0.3 is 0 Å². The molecule has 2 aliphatic carbocycles. The summed E-state index contributed by atoms with van der Waals surface area (Å²) in [5, 5.41) is 23.6. The van der Waals surface area contributed by atoms with Gasteiger partial charge in [0.05, 0.1) is 5.60 Å². The van der Waals surface area contributed by atoms with Crippen molar-refractivity contribution in [1.82, 2.24) is 5.32 Å². The van der Waals surface area contributed by atoms with Crippen LogP contribution in [0.1, 0.15) is 64.2 Å². The molecule has 106 valence electrons. The van der Waals surface area contributed by atoms with Gasteiger partial charge in [0.25, 0.3) is 0 Å². The highest BCUT2D eigenvalue weighted by Gasteiger charge is 2.31. The topological polar surface area (TPSA) is 52.5 Å². The van der Waals surface area contributed by atoms with E-state index in [1.165, 1.54) is 25.7 Å². The lowest BCUT2D eigenvalue weighted by atomic mass is 9.84. The number of hydrogen-bond donors (Lipinski definition) is 3. The lowest BCUT2D eigenvalue weighted by Gasteiger charge is -2.35. The van der Waals surface area contributed by atoms with Crippen LogP contribution in [0.4, 0.5) is 0 Å². The van der Waals surface area contributed by atoms with Crippen molar-refractivity contribution in [3.63, 3.8) is 0 Å². The first-order valence-electron chi connectivity index (χ1n) is 7.80. The van der Waals surface area contributed by atoms with Crippen LogP contribution in [0.3, 0.4) is 0 Å². The second-order valence-corrected chi connectivity index (χ2v) is 6.35. The normalized spacial score (nSPS) is 33.0. The highest BCUT2D eigenvalue weighted by atomic mass is 16.3. The molecule has 2 fully saturated rings. The van der Waals surface area contributed by atoms with E-state index in [1.54, 1.807) is 0 Å². The third-order valence-electron chi connectivity index (χ3n) is 4.87. The first kappa shape index (κ1) is 14.3. The Kier molecular flexibility index (Phi) is 5.46. The van der Waals surface area contributed by atoms with E-state index in [2.05, 4.69) is 5.32 Å². The second-order valence-electron chi connectivity index (χ2n) is 6.35. The molecule has 2 aliphatic rings. The van der Waals surface area contributed by atoms with Gasteiger partial charge in [-0.15, -0.1) is 0 Å². The summed E-state index contributed by atoms with van der Waals surface area (Å²) < 4.78 is 0. The van der Waals surface area contributed by atoms with Gasteiger partial charge in [-0.25, -0.2) is 0 Å². The van der Waals surface area contributed by atoms with Crippen molar-refractivity contribution in [3.05, 3.63) is 0 Å². The molecule has 0 amide bonds. The molecular formula is C15H29NO2. The number of nitrogens with one attached hydrogen (secondary N) is 1. The van der Waals surface area contributed by atoms with Gasteiger partial charge in [0.1, 0.15) is 0 Å². The molecule has 2 rings (SSSR count). The molecule has 0 aromatic rings. The SMILES string of the molecule is OCC1CCCCC1NCC1(O)CCCCCC1. The predicted molar refractivity (Wildman–Crippen MR) is 73.5 cm³/mol. The summed E-state index contributed by atoms with van der Waals surface area (Å²) in [6, 6.07) is 0.413. The van der Waals surface area contributed by atoms with E-state index >= 15 is 0 Å². The van der Waals surface area contributed by atoms with Crippen LogP contribution in [0.5, 0.6) is 0 Å². The molecule has 0 heterocycles. The molecule has 18 heavy (non-hydrogen) atoms. The van der Waals surface area contributed by atoms with Gasteiger partial charge in [0.15, 0.2) is 0 Å². The first-order valence-corrected chi connectivity index (χ1v) is 7.80. The Morgan fingerprint density at radius 2 is 1.61 bits per heavy atom. The largest absolute Gasteiger partial charge is 0.396 e. The Morgan fingerprint density at radius 1 is 0.944 bits per heavy atom. The average Bonchev–Trinajstić information content (AvgIpc) is 2.62. The lowest BCUT2D eigenvalue weighted by molar-refractivity contribution is 0.0170. The van der Waals surface area contributed by atoms with Crippen LogP contribution >= 0.6 is 0 Å². The van der Waals surface area contributed by atoms with Gasteiger partial charge in [-0.3, -0.25) is 0 Å². The number of aliphatic hydroxyl groups excluding tert-OH is 1. The Balaban J connectivity index is 1.81. The summed E-state index contributed by atoms with van der Waals surface area (Å²) in [5.74, 6) is 0.396. The predicted octanol–water partition coefficient (Wildman–Crippen LogP) is 2.21. The quantitative estimate of drug-likeness (QED) is 0.675. The minimum Gasteiger partial charge on any atom is -0.396 e. The van der Waals surface area contributed by atoms with Crippen LogP contribution < -0.4 is 5.32 Å². The maximum absolute atomic E-state index is 10.6. The zero-order chi connectivity index (χ0) is 12.8. The molecule has 0 aromatic heterocycles. The minimum atomic E-state index is -0.492. The Morgan fingerprint density at radius 3 is 2.28 bits per heavy atom. The zero-order valence-corrected chi connectivity index (χ0v) is 11.5. The molecule has 0 bridgehead atoms. The molecule has 0 radical (unpaired) electrons. The van der Waals surface area contributed by atoms with E-state index < -0.39 is 5.60 Å². The van der Waals surface area contributed by atoms with E-state index in [1.807, 2.05) is 0 Å². The molecule has 0 aliphatic heterocycles. The van der Waals surface area contributed by atoms with E-state index in [9.17, 15) is 10.2 Å². The summed E-state index contributed by atoms with van der Waals surface area (Å²) in [4.78, 5) is 0. The number of rotatable bonds is 4. The van der Waals surface area contributed by atoms with E-state index in [-0.39, 0.29) is 6.61 Å². The maximum atomic E-state index is 10.6. The monoisotopic (exact) mass is 255 g/mol. The fourth-order valence-electron chi connectivity index (χ4n) is 3.58. The van der Waals surface area contributed by atoms with Crippen molar-refractivity contribution >= 4 is 0 Å². The van der Waals surface area contributed by atoms with Crippen molar-refractivity contribution in [2.45, 2.75) is 75.9 Å². The van der Waals surface area contributed by atoms with Crippen molar-refractivity contribution in [2.24, 2.45) is 5.92 Å². The van der Waals surface area contributed by atoms with Crippen molar-refractivity contribution in [3.8, 4) is 0 Å². The van der Waals surface area contributed by atoms with Gasteiger partial charge in [0.2, 0.25) is 0 Å². The van der Waals surface area contributed by atoms with E-state index in [0.29, 0.717) is 18.5 Å². The standard InChI is InChI=1S/C15H29NO2/c17-11-13-7-3-4-8-14(13)16-12-15(18)9-5-1-2-6-10-15/h13-14,16-18H,1-12H2. The van der Waals surface area contributed by atoms with Crippen LogP contribution in [0.2, 0.25) is 0 Å². The fourth-order valence-corrected chi connectivity index (χ4v) is 3.58. The zero-order valence-electron chi connectivity index (χ0n) is 11.5. The van der Waals surface area contributed by atoms with Crippen molar-refractivity contribution < 1.29 is 10.2 Å². The van der Waals surface area contributed by atoms with Crippen molar-refractivity contribution in [1.29, 1.82) is 0 Å². The fraction of sp³-hybridized carbons (Fsp3) is 1.00. The first-order chi connectivity index (χ1) is 8.73.